The summed E-state index contributed by atoms with van der Waals surface area (Å²) in [5.74, 6) is 0.0320. The minimum Gasteiger partial charge on any atom is -0.507 e. The Labute approximate surface area is 485 Å². The number of aromatic hydroxyl groups is 4. The minimum atomic E-state index is -0.273. The Balaban J connectivity index is 0.000000120. The van der Waals surface area contributed by atoms with Gasteiger partial charge in [-0.05, 0) is 119 Å². The van der Waals surface area contributed by atoms with Crippen LogP contribution in [0.3, 0.4) is 0 Å². The van der Waals surface area contributed by atoms with Crippen molar-refractivity contribution >= 4 is 196 Å². The van der Waals surface area contributed by atoms with Crippen molar-refractivity contribution in [2.75, 3.05) is 0 Å². The molecule has 8 heterocycles. The van der Waals surface area contributed by atoms with Crippen LogP contribution < -0.4 is 22.2 Å². The third kappa shape index (κ3) is 5.08. The van der Waals surface area contributed by atoms with Crippen LogP contribution in [-0.2, 0) is 0 Å². The van der Waals surface area contributed by atoms with Crippen molar-refractivity contribution in [3.63, 3.8) is 0 Å². The smallest absolute Gasteiger partial charge is 0.264 e. The number of aromatic nitrogens is 8. The van der Waals surface area contributed by atoms with Gasteiger partial charge < -0.3 is 20.4 Å². The quantitative estimate of drug-likeness (QED) is 0.0823. The van der Waals surface area contributed by atoms with Crippen molar-refractivity contribution in [2.45, 2.75) is 0 Å². The first-order valence-corrected chi connectivity index (χ1v) is 28.4. The molecular formula is C72H32N8O8. The number of rotatable bonds is 0. The summed E-state index contributed by atoms with van der Waals surface area (Å²) in [6.45, 7) is 0. The Morgan fingerprint density at radius 3 is 0.761 bits per heavy atom. The number of hydrogen-bond donors (Lipinski definition) is 4. The number of phenolic OH excluding ortho intramolecular Hbond substituents is 4. The van der Waals surface area contributed by atoms with Crippen molar-refractivity contribution in [3.05, 3.63) is 211 Å². The fourth-order valence-corrected chi connectivity index (χ4v) is 15.7. The minimum absolute atomic E-state index is 0.0269. The van der Waals surface area contributed by atoms with E-state index in [1.807, 2.05) is 127 Å². The number of imidazole rings is 4. The first-order valence-electron chi connectivity index (χ1n) is 28.4. The number of para-hydroxylation sites is 8. The molecule has 0 saturated carbocycles. The third-order valence-corrected chi connectivity index (χ3v) is 19.1. The normalized spacial score (nSPS) is 12.9. The van der Waals surface area contributed by atoms with E-state index in [1.54, 1.807) is 54.0 Å². The third-order valence-electron chi connectivity index (χ3n) is 19.1. The Morgan fingerprint density at radius 2 is 0.455 bits per heavy atom. The number of phenols is 4. The first kappa shape index (κ1) is 45.9. The molecule has 4 N–H and O–H groups in total. The van der Waals surface area contributed by atoms with Crippen LogP contribution in [0.4, 0.5) is 0 Å². The highest BCUT2D eigenvalue weighted by Gasteiger charge is 2.30. The van der Waals surface area contributed by atoms with E-state index in [2.05, 4.69) is 0 Å². The molecule has 0 unspecified atom stereocenters. The van der Waals surface area contributed by atoms with E-state index in [-0.39, 0.29) is 45.2 Å². The Kier molecular flexibility index (Phi) is 7.84. The lowest BCUT2D eigenvalue weighted by atomic mass is 9.85. The molecule has 22 rings (SSSR count). The standard InChI is InChI=1S/2C36H16N4O4/c41-25-13-19-28-18(35(43)40-24-8-4-2-6-22(24)38-34(19)40)12-10-16-30-26(42)14-20-27-17(11-9-15(31(27)30)29(25)32(16)28)33-37-21-5-1-3-7-23(21)39(33)36(20)44;41-25-13-19-27-17(35(43)39-23-7-3-1-5-21(23)37-33(19)39)11-9-15-30-26(42)14-20-28-18(12-10-16(32(28)30)29(25)31(15)27)36(44)40-24-8-4-2-6-22(24)38-34(20)40/h2*1-14,41-42H. The highest BCUT2D eigenvalue weighted by molar-refractivity contribution is 6.44. The lowest BCUT2D eigenvalue weighted by Gasteiger charge is -2.19. The molecule has 0 fully saturated rings. The van der Waals surface area contributed by atoms with Crippen molar-refractivity contribution in [2.24, 2.45) is 0 Å². The number of pyridine rings is 4. The molecule has 408 valence electrons. The second-order valence-corrected chi connectivity index (χ2v) is 23.2. The fraction of sp³-hybridized carbons (Fsp3) is 0. The molecule has 0 aliphatic heterocycles. The molecule has 0 atom stereocenters. The molecule has 0 amide bonds. The van der Waals surface area contributed by atoms with E-state index in [1.165, 1.54) is 6.07 Å². The van der Waals surface area contributed by atoms with Crippen LogP contribution in [-0.4, -0.2) is 58.0 Å². The largest absolute Gasteiger partial charge is 0.507 e. The van der Waals surface area contributed by atoms with Gasteiger partial charge in [0.15, 0.2) is 0 Å². The van der Waals surface area contributed by atoms with Crippen LogP contribution in [0.1, 0.15) is 0 Å². The maximum atomic E-state index is 14.0. The van der Waals surface area contributed by atoms with Crippen LogP contribution in [0.5, 0.6) is 23.0 Å². The van der Waals surface area contributed by atoms with Crippen molar-refractivity contribution in [3.8, 4) is 23.0 Å². The van der Waals surface area contributed by atoms with E-state index in [0.717, 1.165) is 5.39 Å². The molecule has 14 aromatic carbocycles. The van der Waals surface area contributed by atoms with Crippen molar-refractivity contribution in [1.82, 2.24) is 37.5 Å². The van der Waals surface area contributed by atoms with Gasteiger partial charge in [-0.2, -0.15) is 0 Å². The summed E-state index contributed by atoms with van der Waals surface area (Å²) < 4.78 is 6.41. The van der Waals surface area contributed by atoms with Gasteiger partial charge in [-0.1, -0.05) is 72.8 Å². The molecule has 22 aromatic rings. The second-order valence-electron chi connectivity index (χ2n) is 23.2. The number of hydrogen-bond acceptors (Lipinski definition) is 12. The number of benzene rings is 14. The summed E-state index contributed by atoms with van der Waals surface area (Å²) in [5, 5.41) is 61.8. The monoisotopic (exact) mass is 1140 g/mol. The Bertz CT molecular complexity index is 6760. The summed E-state index contributed by atoms with van der Waals surface area (Å²) in [7, 11) is 0. The molecular weight excluding hydrogens is 1100 g/mol. The van der Waals surface area contributed by atoms with Gasteiger partial charge in [0.05, 0.1) is 49.5 Å². The summed E-state index contributed by atoms with van der Waals surface area (Å²) in [6.07, 6.45) is 0. The van der Waals surface area contributed by atoms with Gasteiger partial charge >= 0.3 is 0 Å². The molecule has 0 aliphatic carbocycles. The van der Waals surface area contributed by atoms with Crippen LogP contribution in [0, 0.1) is 0 Å². The number of nitrogens with zero attached hydrogens (tertiary/aromatic N) is 8. The maximum Gasteiger partial charge on any atom is 0.264 e. The Hall–Kier alpha value is -12.6. The van der Waals surface area contributed by atoms with Gasteiger partial charge in [0.2, 0.25) is 0 Å². The summed E-state index contributed by atoms with van der Waals surface area (Å²) >= 11 is 0. The highest BCUT2D eigenvalue weighted by atomic mass is 16.3. The zero-order valence-electron chi connectivity index (χ0n) is 45.2. The molecule has 16 nitrogen and oxygen atoms in total. The molecule has 0 saturated heterocycles. The van der Waals surface area contributed by atoms with Gasteiger partial charge in [-0.3, -0.25) is 36.8 Å². The molecule has 0 aliphatic rings. The van der Waals surface area contributed by atoms with Gasteiger partial charge in [0, 0.05) is 102 Å². The van der Waals surface area contributed by atoms with Gasteiger partial charge in [0.25, 0.3) is 22.2 Å². The van der Waals surface area contributed by atoms with Crippen LogP contribution in [0.25, 0.3) is 196 Å². The number of fused-ring (bicyclic) bond motifs is 20. The van der Waals surface area contributed by atoms with Gasteiger partial charge in [-0.15, -0.1) is 0 Å². The lowest BCUT2D eigenvalue weighted by Crippen LogP contribution is -2.14. The van der Waals surface area contributed by atoms with Crippen LogP contribution in [0.2, 0.25) is 0 Å². The lowest BCUT2D eigenvalue weighted by molar-refractivity contribution is 0.481. The first-order chi connectivity index (χ1) is 43.0. The highest BCUT2D eigenvalue weighted by Crippen LogP contribution is 2.53. The van der Waals surface area contributed by atoms with Crippen LogP contribution >= 0.6 is 0 Å². The van der Waals surface area contributed by atoms with E-state index < -0.39 is 0 Å². The molecule has 16 heteroatoms. The average Bonchev–Trinajstić information content (AvgIpc) is 0.974. The molecule has 8 aromatic heterocycles. The molecule has 0 spiro atoms. The Morgan fingerprint density at radius 1 is 0.227 bits per heavy atom. The van der Waals surface area contributed by atoms with Gasteiger partial charge in [0.1, 0.15) is 45.6 Å². The second kappa shape index (κ2) is 15.0. The molecule has 0 bridgehead atoms. The zero-order valence-corrected chi connectivity index (χ0v) is 45.2. The van der Waals surface area contributed by atoms with E-state index in [0.29, 0.717) is 191 Å². The molecule has 88 heavy (non-hydrogen) atoms. The average molecular weight is 1140 g/mol. The molecule has 0 radical (unpaired) electrons. The van der Waals surface area contributed by atoms with Gasteiger partial charge in [-0.25, -0.2) is 19.9 Å². The summed E-state index contributed by atoms with van der Waals surface area (Å²) in [4.78, 5) is 75.3. The topological polar surface area (TPSA) is 218 Å². The van der Waals surface area contributed by atoms with Crippen LogP contribution in [0.15, 0.2) is 189 Å². The van der Waals surface area contributed by atoms with Crippen molar-refractivity contribution < 1.29 is 20.4 Å². The maximum absolute atomic E-state index is 14.0. The SMILES string of the molecule is O=c1c2cc(O)c3c4ccc5c(=O)n6c7ccccc7nc6c6cc(O)c(c7ccc(c2c73)c2nc3ccccc3n12)c4c56.O=c1c2ccc3c4c(O)cc5c6c(ccc(c7c(O)cc(c2c37)c2nc3ccccc3n12)c46)c(=O)n1c2ccccc2nc51. The predicted molar refractivity (Wildman–Crippen MR) is 347 cm³/mol. The van der Waals surface area contributed by atoms with E-state index in [9.17, 15) is 39.6 Å². The van der Waals surface area contributed by atoms with E-state index in [4.69, 9.17) is 19.9 Å². The predicted octanol–water partition coefficient (Wildman–Crippen LogP) is 13.3. The fourth-order valence-electron chi connectivity index (χ4n) is 15.7. The zero-order chi connectivity index (χ0) is 58.3. The summed E-state index contributed by atoms with van der Waals surface area (Å²) in [5.41, 5.74) is 6.62. The van der Waals surface area contributed by atoms with Crippen molar-refractivity contribution in [1.29, 1.82) is 0 Å². The van der Waals surface area contributed by atoms with E-state index >= 15 is 0 Å². The summed E-state index contributed by atoms with van der Waals surface area (Å²) in [6, 6.07) is 51.2.